The number of pyridine rings is 1. The Balaban J connectivity index is 1.81. The number of nitrogens with zero attached hydrogens (tertiary/aromatic N) is 1. The number of fused-ring (bicyclic) bond motifs is 1. The Labute approximate surface area is 100 Å². The van der Waals surface area contributed by atoms with Crippen LogP contribution in [0.3, 0.4) is 0 Å². The summed E-state index contributed by atoms with van der Waals surface area (Å²) in [4.78, 5) is 4.20. The minimum absolute atomic E-state index is 0.0160. The maximum Gasteiger partial charge on any atom is 0.116 e. The molecule has 0 saturated heterocycles. The van der Waals surface area contributed by atoms with Gasteiger partial charge in [-0.05, 0) is 30.2 Å². The summed E-state index contributed by atoms with van der Waals surface area (Å²) in [6.45, 7) is 0. The average molecular weight is 226 g/mol. The Bertz CT molecular complexity index is 488. The predicted octanol–water partition coefficient (Wildman–Crippen LogP) is 2.15. The highest BCUT2D eigenvalue weighted by atomic mass is 16.3. The molecule has 2 heterocycles. The third-order valence-electron chi connectivity index (χ3n) is 3.17. The summed E-state index contributed by atoms with van der Waals surface area (Å²) >= 11 is 0. The highest BCUT2D eigenvalue weighted by molar-refractivity contribution is 5.57. The number of nitrogens with one attached hydrogen (secondary N) is 1. The number of benzene rings is 1. The summed E-state index contributed by atoms with van der Waals surface area (Å²) in [7, 11) is 0. The first-order valence-corrected chi connectivity index (χ1v) is 5.78. The van der Waals surface area contributed by atoms with Crippen LogP contribution in [0.5, 0.6) is 0 Å². The standard InChI is InChI=1S/C14H14N2O/c17-14(12-7-3-4-8-15-12)13-9-10-5-1-2-6-11(10)16-13/h1-8,13-14,16-17H,9H2. The van der Waals surface area contributed by atoms with Gasteiger partial charge in [-0.2, -0.15) is 0 Å². The van der Waals surface area contributed by atoms with Gasteiger partial charge in [0, 0.05) is 11.9 Å². The van der Waals surface area contributed by atoms with E-state index >= 15 is 0 Å². The van der Waals surface area contributed by atoms with Crippen LogP contribution in [0.25, 0.3) is 0 Å². The fourth-order valence-electron chi connectivity index (χ4n) is 2.27. The molecule has 2 atom stereocenters. The Morgan fingerprint density at radius 3 is 2.76 bits per heavy atom. The summed E-state index contributed by atoms with van der Waals surface area (Å²) in [6.07, 6.45) is 1.98. The lowest BCUT2D eigenvalue weighted by Crippen LogP contribution is -2.25. The van der Waals surface area contributed by atoms with Gasteiger partial charge in [-0.15, -0.1) is 0 Å². The first kappa shape index (κ1) is 10.3. The number of hydrogen-bond donors (Lipinski definition) is 2. The van der Waals surface area contributed by atoms with Crippen molar-refractivity contribution < 1.29 is 5.11 Å². The van der Waals surface area contributed by atoms with Crippen molar-refractivity contribution in [3.63, 3.8) is 0 Å². The van der Waals surface area contributed by atoms with Crippen LogP contribution >= 0.6 is 0 Å². The van der Waals surface area contributed by atoms with Crippen molar-refractivity contribution in [2.24, 2.45) is 0 Å². The molecule has 2 aromatic rings. The van der Waals surface area contributed by atoms with E-state index in [9.17, 15) is 5.11 Å². The Kier molecular flexibility index (Phi) is 2.53. The summed E-state index contributed by atoms with van der Waals surface area (Å²) in [5, 5.41) is 13.6. The molecule has 0 aliphatic carbocycles. The first-order chi connectivity index (χ1) is 8.34. The molecule has 1 aliphatic rings. The molecular weight excluding hydrogens is 212 g/mol. The molecule has 0 bridgehead atoms. The Morgan fingerprint density at radius 2 is 2.00 bits per heavy atom. The monoisotopic (exact) mass is 226 g/mol. The molecule has 0 fully saturated rings. The van der Waals surface area contributed by atoms with Crippen LogP contribution in [-0.2, 0) is 6.42 Å². The van der Waals surface area contributed by atoms with Gasteiger partial charge in [0.05, 0.1) is 11.7 Å². The van der Waals surface area contributed by atoms with E-state index in [1.54, 1.807) is 6.20 Å². The van der Waals surface area contributed by atoms with Gasteiger partial charge < -0.3 is 10.4 Å². The average Bonchev–Trinajstić information content (AvgIpc) is 2.82. The highest BCUT2D eigenvalue weighted by Crippen LogP contribution is 2.30. The Hall–Kier alpha value is -1.87. The Morgan fingerprint density at radius 1 is 1.18 bits per heavy atom. The lowest BCUT2D eigenvalue weighted by atomic mass is 10.0. The van der Waals surface area contributed by atoms with Crippen molar-refractivity contribution in [3.8, 4) is 0 Å². The predicted molar refractivity (Wildman–Crippen MR) is 66.8 cm³/mol. The third-order valence-corrected chi connectivity index (χ3v) is 3.17. The van der Waals surface area contributed by atoms with E-state index in [0.717, 1.165) is 17.8 Å². The maximum absolute atomic E-state index is 10.3. The van der Waals surface area contributed by atoms with Gasteiger partial charge in [0.15, 0.2) is 0 Å². The van der Waals surface area contributed by atoms with Gasteiger partial charge in [-0.25, -0.2) is 0 Å². The van der Waals surface area contributed by atoms with Crippen LogP contribution in [0.15, 0.2) is 48.7 Å². The number of aromatic nitrogens is 1. The van der Waals surface area contributed by atoms with E-state index in [4.69, 9.17) is 0 Å². The van der Waals surface area contributed by atoms with E-state index < -0.39 is 6.10 Å². The van der Waals surface area contributed by atoms with Crippen LogP contribution in [0.2, 0.25) is 0 Å². The van der Waals surface area contributed by atoms with Crippen LogP contribution in [0.4, 0.5) is 5.69 Å². The molecule has 3 nitrogen and oxygen atoms in total. The molecule has 0 spiro atoms. The second kappa shape index (κ2) is 4.18. The van der Waals surface area contributed by atoms with Gasteiger partial charge >= 0.3 is 0 Å². The van der Waals surface area contributed by atoms with Crippen molar-refractivity contribution in [1.82, 2.24) is 4.98 Å². The molecule has 17 heavy (non-hydrogen) atoms. The maximum atomic E-state index is 10.3. The van der Waals surface area contributed by atoms with Crippen LogP contribution in [0.1, 0.15) is 17.4 Å². The van der Waals surface area contributed by atoms with Gasteiger partial charge in [-0.1, -0.05) is 24.3 Å². The topological polar surface area (TPSA) is 45.2 Å². The van der Waals surface area contributed by atoms with Crippen molar-refractivity contribution in [3.05, 3.63) is 59.9 Å². The SMILES string of the molecule is OC(c1ccccn1)C1Cc2ccccc2N1. The first-order valence-electron chi connectivity index (χ1n) is 5.78. The summed E-state index contributed by atoms with van der Waals surface area (Å²) in [6, 6.07) is 13.8. The second-order valence-corrected chi connectivity index (χ2v) is 4.31. The normalized spacial score (nSPS) is 19.5. The number of anilines is 1. The number of rotatable bonds is 2. The fourth-order valence-corrected chi connectivity index (χ4v) is 2.27. The number of hydrogen-bond acceptors (Lipinski definition) is 3. The van der Waals surface area contributed by atoms with E-state index in [1.165, 1.54) is 5.56 Å². The number of aliphatic hydroxyl groups is 1. The zero-order chi connectivity index (χ0) is 11.7. The van der Waals surface area contributed by atoms with Crippen molar-refractivity contribution in [2.45, 2.75) is 18.6 Å². The molecule has 3 heteroatoms. The molecule has 1 aromatic carbocycles. The third kappa shape index (κ3) is 1.89. The molecule has 0 radical (unpaired) electrons. The lowest BCUT2D eigenvalue weighted by Gasteiger charge is -2.18. The second-order valence-electron chi connectivity index (χ2n) is 4.31. The zero-order valence-corrected chi connectivity index (χ0v) is 9.38. The van der Waals surface area contributed by atoms with Crippen LogP contribution < -0.4 is 5.32 Å². The molecule has 86 valence electrons. The van der Waals surface area contributed by atoms with Crippen LogP contribution in [-0.4, -0.2) is 16.1 Å². The van der Waals surface area contributed by atoms with Crippen molar-refractivity contribution in [1.29, 1.82) is 0 Å². The lowest BCUT2D eigenvalue weighted by molar-refractivity contribution is 0.152. The fraction of sp³-hybridized carbons (Fsp3) is 0.214. The number of aliphatic hydroxyl groups excluding tert-OH is 1. The van der Waals surface area contributed by atoms with E-state index in [1.807, 2.05) is 36.4 Å². The number of para-hydroxylation sites is 1. The van der Waals surface area contributed by atoms with Crippen molar-refractivity contribution >= 4 is 5.69 Å². The largest absolute Gasteiger partial charge is 0.385 e. The molecule has 0 saturated carbocycles. The van der Waals surface area contributed by atoms with Gasteiger partial charge in [0.25, 0.3) is 0 Å². The molecule has 1 aliphatic heterocycles. The molecule has 2 N–H and O–H groups in total. The van der Waals surface area contributed by atoms with E-state index in [0.29, 0.717) is 0 Å². The highest BCUT2D eigenvalue weighted by Gasteiger charge is 2.28. The summed E-state index contributed by atoms with van der Waals surface area (Å²) in [5.74, 6) is 0. The quantitative estimate of drug-likeness (QED) is 0.824. The summed E-state index contributed by atoms with van der Waals surface area (Å²) < 4.78 is 0. The molecule has 3 rings (SSSR count). The van der Waals surface area contributed by atoms with E-state index in [-0.39, 0.29) is 6.04 Å². The molecular formula is C14H14N2O. The zero-order valence-electron chi connectivity index (χ0n) is 9.38. The van der Waals surface area contributed by atoms with Crippen molar-refractivity contribution in [2.75, 3.05) is 5.32 Å². The van der Waals surface area contributed by atoms with Crippen LogP contribution in [0, 0.1) is 0 Å². The molecule has 2 unspecified atom stereocenters. The molecule has 1 aromatic heterocycles. The van der Waals surface area contributed by atoms with Gasteiger partial charge in [0.1, 0.15) is 6.10 Å². The molecule has 0 amide bonds. The smallest absolute Gasteiger partial charge is 0.116 e. The minimum atomic E-state index is -0.566. The van der Waals surface area contributed by atoms with Gasteiger partial charge in [-0.3, -0.25) is 4.98 Å². The summed E-state index contributed by atoms with van der Waals surface area (Å²) in [5.41, 5.74) is 3.10. The minimum Gasteiger partial charge on any atom is -0.385 e. The van der Waals surface area contributed by atoms with Gasteiger partial charge in [0.2, 0.25) is 0 Å². The van der Waals surface area contributed by atoms with E-state index in [2.05, 4.69) is 16.4 Å².